The Kier molecular flexibility index (Phi) is 4.33. The van der Waals surface area contributed by atoms with Crippen LogP contribution in [0.25, 0.3) is 11.1 Å². The molecule has 1 aliphatic heterocycles. The van der Waals surface area contributed by atoms with Crippen molar-refractivity contribution >= 4 is 32.7 Å². The van der Waals surface area contributed by atoms with Gasteiger partial charge in [0.2, 0.25) is 10.0 Å². The molecule has 0 saturated carbocycles. The molecular formula is C18H17N3O5S. The fraction of sp³-hybridized carbons (Fsp3) is 0.222. The fourth-order valence-corrected chi connectivity index (χ4v) is 4.60. The highest BCUT2D eigenvalue weighted by molar-refractivity contribution is 7.89. The molecule has 4 rings (SSSR count). The maximum atomic E-state index is 12.5. The number of sulfonamides is 1. The number of carbonyl (C=O) groups is 1. The maximum absolute atomic E-state index is 12.5. The van der Waals surface area contributed by atoms with Crippen LogP contribution < -0.4 is 11.1 Å². The van der Waals surface area contributed by atoms with Crippen molar-refractivity contribution in [2.75, 3.05) is 18.4 Å². The minimum Gasteiger partial charge on any atom is -0.408 e. The minimum absolute atomic E-state index is 0.177. The van der Waals surface area contributed by atoms with Crippen LogP contribution in [0.3, 0.4) is 0 Å². The van der Waals surface area contributed by atoms with Crippen molar-refractivity contribution in [3.05, 3.63) is 58.6 Å². The lowest BCUT2D eigenvalue weighted by molar-refractivity contribution is 0.102. The van der Waals surface area contributed by atoms with Crippen molar-refractivity contribution in [3.8, 4) is 0 Å². The summed E-state index contributed by atoms with van der Waals surface area (Å²) in [6.07, 6.45) is 1.73. The molecule has 1 saturated heterocycles. The molecule has 1 fully saturated rings. The van der Waals surface area contributed by atoms with Crippen molar-refractivity contribution in [1.29, 1.82) is 0 Å². The third-order valence-electron chi connectivity index (χ3n) is 4.50. The molecule has 0 aliphatic carbocycles. The number of hydrogen-bond acceptors (Lipinski definition) is 5. The van der Waals surface area contributed by atoms with E-state index in [0.29, 0.717) is 35.4 Å². The van der Waals surface area contributed by atoms with Gasteiger partial charge >= 0.3 is 5.76 Å². The number of fused-ring (bicyclic) bond motifs is 1. The van der Waals surface area contributed by atoms with Gasteiger partial charge in [0, 0.05) is 30.4 Å². The minimum atomic E-state index is -3.51. The SMILES string of the molecule is O=C(Nc1ccc2[nH]c(=O)oc2c1)c1ccc(S(=O)(=O)N2CCCC2)cc1. The largest absolute Gasteiger partial charge is 0.417 e. The number of aromatic amines is 1. The smallest absolute Gasteiger partial charge is 0.408 e. The van der Waals surface area contributed by atoms with Gasteiger partial charge in [-0.2, -0.15) is 4.31 Å². The standard InChI is InChI=1S/C18H17N3O5S/c22-17(19-13-5-8-15-16(11-13)26-18(23)20-15)12-3-6-14(7-4-12)27(24,25)21-9-1-2-10-21/h3-8,11H,1-2,9-10H2,(H,19,22)(H,20,23). The van der Waals surface area contributed by atoms with Gasteiger partial charge in [0.1, 0.15) is 0 Å². The highest BCUT2D eigenvalue weighted by atomic mass is 32.2. The number of rotatable bonds is 4. The molecule has 0 unspecified atom stereocenters. The van der Waals surface area contributed by atoms with E-state index in [9.17, 15) is 18.0 Å². The molecule has 3 aromatic rings. The lowest BCUT2D eigenvalue weighted by Gasteiger charge is -2.15. The van der Waals surface area contributed by atoms with Gasteiger partial charge in [-0.1, -0.05) is 0 Å². The van der Waals surface area contributed by atoms with Gasteiger partial charge in [0.05, 0.1) is 10.4 Å². The van der Waals surface area contributed by atoms with Crippen LogP contribution in [0.4, 0.5) is 5.69 Å². The molecule has 8 nitrogen and oxygen atoms in total. The van der Waals surface area contributed by atoms with Gasteiger partial charge in [-0.3, -0.25) is 9.78 Å². The molecule has 0 bridgehead atoms. The summed E-state index contributed by atoms with van der Waals surface area (Å²) < 4.78 is 31.5. The van der Waals surface area contributed by atoms with Crippen LogP contribution in [0, 0.1) is 0 Å². The van der Waals surface area contributed by atoms with Crippen LogP contribution in [0.2, 0.25) is 0 Å². The predicted octanol–water partition coefficient (Wildman–Crippen LogP) is 2.16. The number of nitrogens with zero attached hydrogens (tertiary/aromatic N) is 1. The Labute approximate surface area is 154 Å². The third-order valence-corrected chi connectivity index (χ3v) is 6.41. The Morgan fingerprint density at radius 3 is 2.48 bits per heavy atom. The van der Waals surface area contributed by atoms with Crippen LogP contribution in [-0.2, 0) is 10.0 Å². The van der Waals surface area contributed by atoms with E-state index in [1.165, 1.54) is 34.6 Å². The fourth-order valence-electron chi connectivity index (χ4n) is 3.08. The van der Waals surface area contributed by atoms with E-state index in [4.69, 9.17) is 4.42 Å². The summed E-state index contributed by atoms with van der Waals surface area (Å²) in [5.41, 5.74) is 1.66. The van der Waals surface area contributed by atoms with E-state index >= 15 is 0 Å². The Hall–Kier alpha value is -2.91. The van der Waals surface area contributed by atoms with Crippen molar-refractivity contribution in [2.45, 2.75) is 17.7 Å². The van der Waals surface area contributed by atoms with Crippen molar-refractivity contribution in [1.82, 2.24) is 9.29 Å². The van der Waals surface area contributed by atoms with Crippen LogP contribution >= 0.6 is 0 Å². The highest BCUT2D eigenvalue weighted by Crippen LogP contribution is 2.22. The summed E-state index contributed by atoms with van der Waals surface area (Å²) in [6, 6.07) is 10.6. The molecule has 0 spiro atoms. The summed E-state index contributed by atoms with van der Waals surface area (Å²) >= 11 is 0. The first-order valence-corrected chi connectivity index (χ1v) is 9.92. The molecule has 140 valence electrons. The van der Waals surface area contributed by atoms with E-state index in [-0.39, 0.29) is 4.90 Å². The molecule has 9 heteroatoms. The van der Waals surface area contributed by atoms with Gasteiger partial charge < -0.3 is 9.73 Å². The van der Waals surface area contributed by atoms with Gasteiger partial charge in [0.15, 0.2) is 5.58 Å². The lowest BCUT2D eigenvalue weighted by atomic mass is 10.2. The van der Waals surface area contributed by atoms with E-state index in [1.54, 1.807) is 12.1 Å². The second kappa shape index (κ2) is 6.67. The average Bonchev–Trinajstić information content (AvgIpc) is 3.30. The van der Waals surface area contributed by atoms with Crippen molar-refractivity contribution < 1.29 is 17.6 Å². The molecule has 1 aliphatic rings. The molecule has 0 radical (unpaired) electrons. The summed E-state index contributed by atoms with van der Waals surface area (Å²) in [4.78, 5) is 26.3. The first-order chi connectivity index (χ1) is 12.9. The number of aromatic nitrogens is 1. The topological polar surface area (TPSA) is 112 Å². The molecule has 0 atom stereocenters. The normalized spacial score (nSPS) is 15.3. The first kappa shape index (κ1) is 17.5. The zero-order valence-corrected chi connectivity index (χ0v) is 15.1. The average molecular weight is 387 g/mol. The highest BCUT2D eigenvalue weighted by Gasteiger charge is 2.27. The van der Waals surface area contributed by atoms with E-state index in [1.807, 2.05) is 0 Å². The molecule has 27 heavy (non-hydrogen) atoms. The molecule has 2 N–H and O–H groups in total. The van der Waals surface area contributed by atoms with Crippen LogP contribution in [0.15, 0.2) is 56.6 Å². The van der Waals surface area contributed by atoms with E-state index < -0.39 is 21.7 Å². The lowest BCUT2D eigenvalue weighted by Crippen LogP contribution is -2.27. The van der Waals surface area contributed by atoms with Crippen molar-refractivity contribution in [3.63, 3.8) is 0 Å². The summed E-state index contributed by atoms with van der Waals surface area (Å²) in [6.45, 7) is 1.06. The van der Waals surface area contributed by atoms with Crippen LogP contribution in [-0.4, -0.2) is 36.7 Å². The van der Waals surface area contributed by atoms with Crippen molar-refractivity contribution in [2.24, 2.45) is 0 Å². The Balaban J connectivity index is 1.52. The molecule has 1 aromatic heterocycles. The number of amides is 1. The van der Waals surface area contributed by atoms with Gasteiger partial charge in [-0.05, 0) is 49.2 Å². The molecule has 2 aromatic carbocycles. The molecular weight excluding hydrogens is 370 g/mol. The van der Waals surface area contributed by atoms with Crippen LogP contribution in [0.1, 0.15) is 23.2 Å². The second-order valence-electron chi connectivity index (χ2n) is 6.32. The molecule has 1 amide bonds. The van der Waals surface area contributed by atoms with Crippen LogP contribution in [0.5, 0.6) is 0 Å². The summed E-state index contributed by atoms with van der Waals surface area (Å²) in [7, 11) is -3.51. The van der Waals surface area contributed by atoms with E-state index in [0.717, 1.165) is 12.8 Å². The second-order valence-corrected chi connectivity index (χ2v) is 8.25. The van der Waals surface area contributed by atoms with Gasteiger partial charge in [-0.25, -0.2) is 13.2 Å². The monoisotopic (exact) mass is 387 g/mol. The zero-order valence-electron chi connectivity index (χ0n) is 14.3. The number of H-pyrrole nitrogens is 1. The Morgan fingerprint density at radius 1 is 1.07 bits per heavy atom. The summed E-state index contributed by atoms with van der Waals surface area (Å²) in [5.74, 6) is -0.958. The number of hydrogen-bond donors (Lipinski definition) is 2. The van der Waals surface area contributed by atoms with Gasteiger partial charge in [-0.15, -0.1) is 0 Å². The number of benzene rings is 2. The Morgan fingerprint density at radius 2 is 1.78 bits per heavy atom. The first-order valence-electron chi connectivity index (χ1n) is 8.48. The molecule has 2 heterocycles. The Bertz CT molecular complexity index is 1160. The quantitative estimate of drug-likeness (QED) is 0.712. The summed E-state index contributed by atoms with van der Waals surface area (Å²) in [5, 5.41) is 2.70. The van der Waals surface area contributed by atoms with E-state index in [2.05, 4.69) is 10.3 Å². The third kappa shape index (κ3) is 3.38. The number of nitrogens with one attached hydrogen (secondary N) is 2. The predicted molar refractivity (Wildman–Crippen MR) is 99.2 cm³/mol. The number of anilines is 1. The number of carbonyl (C=O) groups excluding carboxylic acids is 1. The zero-order chi connectivity index (χ0) is 19.0. The number of oxazole rings is 1. The maximum Gasteiger partial charge on any atom is 0.417 e. The van der Waals surface area contributed by atoms with Gasteiger partial charge in [0.25, 0.3) is 5.91 Å².